The van der Waals surface area contributed by atoms with E-state index in [1.54, 1.807) is 38.1 Å². The first kappa shape index (κ1) is 17.6. The molecule has 0 saturated heterocycles. The highest BCUT2D eigenvalue weighted by Gasteiger charge is 2.21. The van der Waals surface area contributed by atoms with Gasteiger partial charge < -0.3 is 9.47 Å². The predicted molar refractivity (Wildman–Crippen MR) is 93.4 cm³/mol. The molecule has 0 aliphatic carbocycles. The molecule has 1 aromatic carbocycles. The predicted octanol–water partition coefficient (Wildman–Crippen LogP) is 1.50. The first-order chi connectivity index (χ1) is 12.6. The molecule has 0 bridgehead atoms. The number of carbonyl (C=O) groups excluding carboxylic acids is 1. The Morgan fingerprint density at radius 1 is 1.19 bits per heavy atom. The van der Waals surface area contributed by atoms with Crippen LogP contribution in [0.4, 0.5) is 0 Å². The summed E-state index contributed by atoms with van der Waals surface area (Å²) in [4.78, 5) is 28.8. The van der Waals surface area contributed by atoms with Gasteiger partial charge in [0.25, 0.3) is 5.56 Å². The molecule has 0 aliphatic rings. The van der Waals surface area contributed by atoms with Crippen LogP contribution in [0, 0.1) is 0 Å². The Balaban J connectivity index is 2.00. The Morgan fingerprint density at radius 3 is 2.58 bits per heavy atom. The van der Waals surface area contributed by atoms with Crippen LogP contribution >= 0.6 is 0 Å². The molecular weight excluding hydrogens is 338 g/mol. The summed E-state index contributed by atoms with van der Waals surface area (Å²) in [6, 6.07) is 6.41. The van der Waals surface area contributed by atoms with Crippen LogP contribution in [0.25, 0.3) is 16.9 Å². The third kappa shape index (κ3) is 3.15. The molecule has 2 heterocycles. The Kier molecular flexibility index (Phi) is 4.97. The Morgan fingerprint density at radius 2 is 1.92 bits per heavy atom. The first-order valence-corrected chi connectivity index (χ1v) is 8.29. The molecule has 0 fully saturated rings. The number of esters is 1. The summed E-state index contributed by atoms with van der Waals surface area (Å²) in [5.41, 5.74) is 0.635. The summed E-state index contributed by atoms with van der Waals surface area (Å²) >= 11 is 0. The molecule has 0 spiro atoms. The Bertz CT molecular complexity index is 977. The van der Waals surface area contributed by atoms with E-state index in [9.17, 15) is 9.59 Å². The SMILES string of the molecule is CCOC(=O)[C@@H](C)n1cnc2c(nnn2-c2ccc(OCC)cc2)c1=O. The normalized spacial score (nSPS) is 12.1. The third-order valence-corrected chi connectivity index (χ3v) is 3.83. The summed E-state index contributed by atoms with van der Waals surface area (Å²) in [7, 11) is 0. The number of aromatic nitrogens is 5. The van der Waals surface area contributed by atoms with E-state index in [2.05, 4.69) is 15.3 Å². The molecule has 9 heteroatoms. The van der Waals surface area contributed by atoms with E-state index in [0.717, 1.165) is 5.75 Å². The van der Waals surface area contributed by atoms with E-state index in [4.69, 9.17) is 9.47 Å². The van der Waals surface area contributed by atoms with Gasteiger partial charge in [0.15, 0.2) is 11.2 Å². The van der Waals surface area contributed by atoms with Crippen molar-refractivity contribution in [2.45, 2.75) is 26.8 Å². The molecule has 1 atom stereocenters. The quantitative estimate of drug-likeness (QED) is 0.616. The highest BCUT2D eigenvalue weighted by atomic mass is 16.5. The molecule has 26 heavy (non-hydrogen) atoms. The van der Waals surface area contributed by atoms with Crippen molar-refractivity contribution in [3.63, 3.8) is 0 Å². The zero-order chi connectivity index (χ0) is 18.7. The second-order valence-corrected chi connectivity index (χ2v) is 5.49. The van der Waals surface area contributed by atoms with Crippen molar-refractivity contribution in [1.29, 1.82) is 0 Å². The number of carbonyl (C=O) groups is 1. The summed E-state index contributed by atoms with van der Waals surface area (Å²) in [6.07, 6.45) is 1.31. The van der Waals surface area contributed by atoms with Gasteiger partial charge in [-0.2, -0.15) is 4.68 Å². The molecule has 0 aliphatic heterocycles. The molecule has 0 unspecified atom stereocenters. The zero-order valence-corrected chi connectivity index (χ0v) is 14.7. The standard InChI is InChI=1S/C17H19N5O4/c1-4-25-13-8-6-12(7-9-13)22-15-14(19-20-22)16(23)21(10-18-15)11(3)17(24)26-5-2/h6-11H,4-5H2,1-3H3/t11-/m1/s1. The number of hydrogen-bond donors (Lipinski definition) is 0. The molecule has 0 N–H and O–H groups in total. The lowest BCUT2D eigenvalue weighted by Crippen LogP contribution is -2.29. The summed E-state index contributed by atoms with van der Waals surface area (Å²) in [6.45, 7) is 6.00. The minimum Gasteiger partial charge on any atom is -0.494 e. The lowest BCUT2D eigenvalue weighted by molar-refractivity contribution is -0.146. The molecule has 136 valence electrons. The molecule has 0 radical (unpaired) electrons. The van der Waals surface area contributed by atoms with E-state index in [1.807, 2.05) is 6.92 Å². The van der Waals surface area contributed by atoms with Crippen LogP contribution in [0.1, 0.15) is 26.8 Å². The molecule has 0 saturated carbocycles. The summed E-state index contributed by atoms with van der Waals surface area (Å²) < 4.78 is 13.0. The summed E-state index contributed by atoms with van der Waals surface area (Å²) in [5, 5.41) is 7.95. The fourth-order valence-corrected chi connectivity index (χ4v) is 2.50. The van der Waals surface area contributed by atoms with Gasteiger partial charge in [0.2, 0.25) is 0 Å². The van der Waals surface area contributed by atoms with E-state index in [-0.39, 0.29) is 12.1 Å². The maximum Gasteiger partial charge on any atom is 0.328 e. The average Bonchev–Trinajstić information content (AvgIpc) is 3.07. The first-order valence-electron chi connectivity index (χ1n) is 8.29. The fourth-order valence-electron chi connectivity index (χ4n) is 2.50. The van der Waals surface area contributed by atoms with Gasteiger partial charge in [-0.1, -0.05) is 5.21 Å². The van der Waals surface area contributed by atoms with Gasteiger partial charge in [-0.05, 0) is 45.0 Å². The maximum atomic E-state index is 12.6. The number of hydrogen-bond acceptors (Lipinski definition) is 7. The minimum absolute atomic E-state index is 0.0810. The molecular formula is C17H19N5O4. The van der Waals surface area contributed by atoms with Crippen LogP contribution < -0.4 is 10.3 Å². The van der Waals surface area contributed by atoms with Gasteiger partial charge in [0.1, 0.15) is 18.1 Å². The van der Waals surface area contributed by atoms with Gasteiger partial charge in [0.05, 0.1) is 18.9 Å². The molecule has 9 nitrogen and oxygen atoms in total. The molecule has 3 rings (SSSR count). The zero-order valence-electron chi connectivity index (χ0n) is 14.7. The van der Waals surface area contributed by atoms with Crippen LogP contribution in [0.5, 0.6) is 5.75 Å². The van der Waals surface area contributed by atoms with Gasteiger partial charge in [0, 0.05) is 0 Å². The topological polar surface area (TPSA) is 101 Å². The largest absolute Gasteiger partial charge is 0.494 e. The van der Waals surface area contributed by atoms with E-state index in [0.29, 0.717) is 17.9 Å². The average molecular weight is 357 g/mol. The molecule has 0 amide bonds. The van der Waals surface area contributed by atoms with Crippen LogP contribution in [-0.2, 0) is 9.53 Å². The fraction of sp³-hybridized carbons (Fsp3) is 0.353. The lowest BCUT2D eigenvalue weighted by atomic mass is 10.3. The number of ether oxygens (including phenoxy) is 2. The van der Waals surface area contributed by atoms with Crippen molar-refractivity contribution in [3.8, 4) is 11.4 Å². The monoisotopic (exact) mass is 357 g/mol. The maximum absolute atomic E-state index is 12.6. The van der Waals surface area contributed by atoms with Crippen molar-refractivity contribution in [1.82, 2.24) is 24.5 Å². The second kappa shape index (κ2) is 7.34. The van der Waals surface area contributed by atoms with Gasteiger partial charge in [-0.15, -0.1) is 5.10 Å². The van der Waals surface area contributed by atoms with Crippen molar-refractivity contribution in [3.05, 3.63) is 40.9 Å². The van der Waals surface area contributed by atoms with Crippen LogP contribution in [0.3, 0.4) is 0 Å². The van der Waals surface area contributed by atoms with Crippen molar-refractivity contribution < 1.29 is 14.3 Å². The number of benzene rings is 1. The van der Waals surface area contributed by atoms with Crippen LogP contribution in [0.15, 0.2) is 35.4 Å². The van der Waals surface area contributed by atoms with E-state index >= 15 is 0 Å². The van der Waals surface area contributed by atoms with Gasteiger partial charge >= 0.3 is 5.97 Å². The lowest BCUT2D eigenvalue weighted by Gasteiger charge is -2.12. The molecule has 2 aromatic heterocycles. The van der Waals surface area contributed by atoms with E-state index < -0.39 is 17.6 Å². The van der Waals surface area contributed by atoms with Crippen molar-refractivity contribution >= 4 is 17.1 Å². The highest BCUT2D eigenvalue weighted by Crippen LogP contribution is 2.17. The van der Waals surface area contributed by atoms with E-state index in [1.165, 1.54) is 15.6 Å². The van der Waals surface area contributed by atoms with Gasteiger partial charge in [-0.3, -0.25) is 9.36 Å². The Labute approximate surface area is 149 Å². The third-order valence-electron chi connectivity index (χ3n) is 3.83. The highest BCUT2D eigenvalue weighted by molar-refractivity contribution is 5.75. The number of fused-ring (bicyclic) bond motifs is 1. The second-order valence-electron chi connectivity index (χ2n) is 5.49. The van der Waals surface area contributed by atoms with Crippen LogP contribution in [-0.4, -0.2) is 43.7 Å². The van der Waals surface area contributed by atoms with Crippen molar-refractivity contribution in [2.75, 3.05) is 13.2 Å². The number of nitrogens with zero attached hydrogens (tertiary/aromatic N) is 5. The molecule has 3 aromatic rings. The van der Waals surface area contributed by atoms with Crippen LogP contribution in [0.2, 0.25) is 0 Å². The minimum atomic E-state index is -0.796. The smallest absolute Gasteiger partial charge is 0.328 e. The number of rotatable bonds is 6. The Hall–Kier alpha value is -3.23. The summed E-state index contributed by atoms with van der Waals surface area (Å²) in [5.74, 6) is 0.230. The van der Waals surface area contributed by atoms with Gasteiger partial charge in [-0.25, -0.2) is 9.78 Å². The van der Waals surface area contributed by atoms with Crippen molar-refractivity contribution in [2.24, 2.45) is 0 Å².